The van der Waals surface area contributed by atoms with Crippen molar-refractivity contribution >= 4 is 17.4 Å². The fourth-order valence-corrected chi connectivity index (χ4v) is 2.44. The molecule has 0 amide bonds. The first-order chi connectivity index (χ1) is 8.70. The normalized spacial score (nSPS) is 15.1. The van der Waals surface area contributed by atoms with Gasteiger partial charge in [-0.05, 0) is 43.9 Å². The van der Waals surface area contributed by atoms with E-state index < -0.39 is 0 Å². The lowest BCUT2D eigenvalue weighted by Gasteiger charge is -2.13. The predicted octanol–water partition coefficient (Wildman–Crippen LogP) is 4.42. The quantitative estimate of drug-likeness (QED) is 0.594. The van der Waals surface area contributed by atoms with E-state index in [-0.39, 0.29) is 5.78 Å². The lowest BCUT2D eigenvalue weighted by Crippen LogP contribution is -2.05. The molecule has 0 saturated heterocycles. The van der Waals surface area contributed by atoms with Gasteiger partial charge in [0, 0.05) is 11.4 Å². The summed E-state index contributed by atoms with van der Waals surface area (Å²) in [6.07, 6.45) is 7.23. The smallest absolute Gasteiger partial charge is 0.170 e. The second-order valence-corrected chi connectivity index (χ2v) is 4.99. The van der Waals surface area contributed by atoms with E-state index in [2.05, 4.69) is 6.08 Å². The number of Topliss-reactive ketones (excluding diaryl/α,β-unsaturated/α-hetero) is 1. The van der Waals surface area contributed by atoms with Crippen molar-refractivity contribution in [3.8, 4) is 5.75 Å². The molecular weight excluding hydrogens is 248 g/mol. The highest BCUT2D eigenvalue weighted by Crippen LogP contribution is 2.27. The van der Waals surface area contributed by atoms with Gasteiger partial charge in [-0.15, -0.1) is 0 Å². The van der Waals surface area contributed by atoms with E-state index in [4.69, 9.17) is 16.3 Å². The summed E-state index contributed by atoms with van der Waals surface area (Å²) in [5.41, 5.74) is 1.82. The molecule has 1 aromatic rings. The summed E-state index contributed by atoms with van der Waals surface area (Å²) < 4.78 is 5.21. The molecule has 3 heteroatoms. The zero-order valence-corrected chi connectivity index (χ0v) is 11.3. The molecule has 2 nitrogen and oxygen atoms in total. The first-order valence-electron chi connectivity index (χ1n) is 6.25. The minimum Gasteiger partial charge on any atom is -0.496 e. The van der Waals surface area contributed by atoms with Crippen molar-refractivity contribution in [2.45, 2.75) is 32.1 Å². The van der Waals surface area contributed by atoms with Crippen molar-refractivity contribution < 1.29 is 9.53 Å². The Bertz CT molecular complexity index is 477. The van der Waals surface area contributed by atoms with Crippen molar-refractivity contribution in [2.75, 3.05) is 7.11 Å². The fraction of sp³-hybridized carbons (Fsp3) is 0.400. The number of carbonyl (C=O) groups is 1. The number of halogens is 1. The van der Waals surface area contributed by atoms with Gasteiger partial charge in [0.15, 0.2) is 5.78 Å². The zero-order valence-electron chi connectivity index (χ0n) is 10.5. The van der Waals surface area contributed by atoms with Gasteiger partial charge in [0.25, 0.3) is 0 Å². The van der Waals surface area contributed by atoms with Gasteiger partial charge < -0.3 is 4.74 Å². The monoisotopic (exact) mass is 264 g/mol. The Morgan fingerprint density at radius 2 is 2.22 bits per heavy atom. The molecule has 0 spiro atoms. The van der Waals surface area contributed by atoms with E-state index in [9.17, 15) is 4.79 Å². The topological polar surface area (TPSA) is 26.3 Å². The van der Waals surface area contributed by atoms with Gasteiger partial charge in [-0.25, -0.2) is 0 Å². The molecule has 0 atom stereocenters. The lowest BCUT2D eigenvalue weighted by molar-refractivity contribution is 0.0988. The fourth-order valence-electron chi connectivity index (χ4n) is 2.26. The largest absolute Gasteiger partial charge is 0.496 e. The van der Waals surface area contributed by atoms with Crippen molar-refractivity contribution in [3.63, 3.8) is 0 Å². The van der Waals surface area contributed by atoms with E-state index in [1.54, 1.807) is 25.3 Å². The Balaban J connectivity index is 2.17. The average Bonchev–Trinajstić information content (AvgIpc) is 2.40. The minimum atomic E-state index is 0.0856. The van der Waals surface area contributed by atoms with Gasteiger partial charge in [-0.2, -0.15) is 0 Å². The maximum absolute atomic E-state index is 12.3. The third kappa shape index (κ3) is 3.14. The van der Waals surface area contributed by atoms with E-state index in [1.807, 2.05) is 0 Å². The molecule has 0 aliphatic heterocycles. The number of ether oxygens (including phenoxy) is 1. The maximum Gasteiger partial charge on any atom is 0.170 e. The molecule has 0 radical (unpaired) electrons. The summed E-state index contributed by atoms with van der Waals surface area (Å²) in [6, 6.07) is 5.16. The van der Waals surface area contributed by atoms with E-state index in [1.165, 1.54) is 18.4 Å². The Morgan fingerprint density at radius 1 is 1.39 bits per heavy atom. The summed E-state index contributed by atoms with van der Waals surface area (Å²) in [5.74, 6) is 0.684. The summed E-state index contributed by atoms with van der Waals surface area (Å²) in [7, 11) is 1.57. The number of hydrogen-bond donors (Lipinski definition) is 0. The summed E-state index contributed by atoms with van der Waals surface area (Å²) >= 11 is 5.94. The molecule has 96 valence electrons. The number of allylic oxidation sites excluding steroid dienone is 2. The van der Waals surface area contributed by atoms with Gasteiger partial charge in [-0.1, -0.05) is 23.3 Å². The van der Waals surface area contributed by atoms with Crippen LogP contribution in [0.5, 0.6) is 5.75 Å². The molecule has 0 bridgehead atoms. The second-order valence-electron chi connectivity index (χ2n) is 4.55. The van der Waals surface area contributed by atoms with E-state index in [0.717, 1.165) is 12.8 Å². The van der Waals surface area contributed by atoms with Crippen LogP contribution in [0.4, 0.5) is 0 Å². The third-order valence-corrected chi connectivity index (χ3v) is 3.47. The highest BCUT2D eigenvalue weighted by Gasteiger charge is 2.15. The van der Waals surface area contributed by atoms with Crippen LogP contribution in [0.2, 0.25) is 5.02 Å². The molecule has 0 N–H and O–H groups in total. The highest BCUT2D eigenvalue weighted by atomic mass is 35.5. The first kappa shape index (κ1) is 13.2. The Kier molecular flexibility index (Phi) is 4.43. The molecule has 1 aliphatic carbocycles. The molecular formula is C15H17ClO2. The SMILES string of the molecule is COc1ccc(Cl)cc1C(=O)CC1=CCCCC1. The molecule has 18 heavy (non-hydrogen) atoms. The van der Waals surface area contributed by atoms with Crippen LogP contribution < -0.4 is 4.74 Å². The molecule has 0 saturated carbocycles. The van der Waals surface area contributed by atoms with E-state index in [0.29, 0.717) is 22.8 Å². The van der Waals surface area contributed by atoms with Gasteiger partial charge >= 0.3 is 0 Å². The number of hydrogen-bond acceptors (Lipinski definition) is 2. The average molecular weight is 265 g/mol. The molecule has 0 unspecified atom stereocenters. The summed E-state index contributed by atoms with van der Waals surface area (Å²) in [6.45, 7) is 0. The van der Waals surface area contributed by atoms with Gasteiger partial charge in [0.2, 0.25) is 0 Å². The van der Waals surface area contributed by atoms with Crippen molar-refractivity contribution in [2.24, 2.45) is 0 Å². The number of carbonyl (C=O) groups excluding carboxylic acids is 1. The highest BCUT2D eigenvalue weighted by molar-refractivity contribution is 6.31. The van der Waals surface area contributed by atoms with Crippen LogP contribution in [0.15, 0.2) is 29.8 Å². The molecule has 1 aromatic carbocycles. The lowest BCUT2D eigenvalue weighted by atomic mass is 9.93. The van der Waals surface area contributed by atoms with E-state index >= 15 is 0 Å². The molecule has 0 heterocycles. The second kappa shape index (κ2) is 6.05. The Morgan fingerprint density at radius 3 is 2.89 bits per heavy atom. The minimum absolute atomic E-state index is 0.0856. The number of rotatable bonds is 4. The predicted molar refractivity (Wildman–Crippen MR) is 73.5 cm³/mol. The van der Waals surface area contributed by atoms with Gasteiger partial charge in [0.1, 0.15) is 5.75 Å². The van der Waals surface area contributed by atoms with Crippen LogP contribution in [0, 0.1) is 0 Å². The number of benzene rings is 1. The Hall–Kier alpha value is -1.28. The van der Waals surface area contributed by atoms with Crippen molar-refractivity contribution in [1.82, 2.24) is 0 Å². The standard InChI is InChI=1S/C15H17ClO2/c1-18-15-8-7-12(16)10-13(15)14(17)9-11-5-3-2-4-6-11/h5,7-8,10H,2-4,6,9H2,1H3. The van der Waals surface area contributed by atoms with Gasteiger partial charge in [0.05, 0.1) is 12.7 Å². The van der Waals surface area contributed by atoms with Crippen molar-refractivity contribution in [1.29, 1.82) is 0 Å². The first-order valence-corrected chi connectivity index (χ1v) is 6.63. The summed E-state index contributed by atoms with van der Waals surface area (Å²) in [5, 5.41) is 0.566. The molecule has 0 fully saturated rings. The molecule has 2 rings (SSSR count). The maximum atomic E-state index is 12.3. The Labute approximate surface area is 113 Å². The van der Waals surface area contributed by atoms with Crippen LogP contribution >= 0.6 is 11.6 Å². The molecule has 0 aromatic heterocycles. The van der Waals surface area contributed by atoms with Crippen LogP contribution in [-0.2, 0) is 0 Å². The third-order valence-electron chi connectivity index (χ3n) is 3.23. The number of methoxy groups -OCH3 is 1. The molecule has 1 aliphatic rings. The van der Waals surface area contributed by atoms with Crippen LogP contribution in [-0.4, -0.2) is 12.9 Å². The zero-order chi connectivity index (χ0) is 13.0. The van der Waals surface area contributed by atoms with Crippen LogP contribution in [0.25, 0.3) is 0 Å². The van der Waals surface area contributed by atoms with Crippen LogP contribution in [0.3, 0.4) is 0 Å². The van der Waals surface area contributed by atoms with Crippen LogP contribution in [0.1, 0.15) is 42.5 Å². The van der Waals surface area contributed by atoms with Gasteiger partial charge in [-0.3, -0.25) is 4.79 Å². The van der Waals surface area contributed by atoms with Crippen molar-refractivity contribution in [3.05, 3.63) is 40.4 Å². The number of ketones is 1. The summed E-state index contributed by atoms with van der Waals surface area (Å²) in [4.78, 5) is 12.3.